The maximum absolute atomic E-state index is 11.4. The summed E-state index contributed by atoms with van der Waals surface area (Å²) in [6.07, 6.45) is 0.818. The Bertz CT molecular complexity index is 796. The van der Waals surface area contributed by atoms with Crippen LogP contribution in [-0.2, 0) is 16.4 Å². The van der Waals surface area contributed by atoms with Gasteiger partial charge in [-0.1, -0.05) is 51.1 Å². The van der Waals surface area contributed by atoms with Crippen LogP contribution in [0.2, 0.25) is 0 Å². The Morgan fingerprint density at radius 3 is 2.17 bits per heavy atom. The molecule has 24 heavy (non-hydrogen) atoms. The smallest absolute Gasteiger partial charge is 0.238 e. The molecule has 0 radical (unpaired) electrons. The minimum atomic E-state index is -3.65. The number of primary sulfonamides is 1. The van der Waals surface area contributed by atoms with Crippen LogP contribution in [0.3, 0.4) is 0 Å². The van der Waals surface area contributed by atoms with Crippen molar-refractivity contribution >= 4 is 10.0 Å². The lowest BCUT2D eigenvalue weighted by atomic mass is 9.90. The van der Waals surface area contributed by atoms with Crippen molar-refractivity contribution in [3.63, 3.8) is 0 Å². The van der Waals surface area contributed by atoms with Gasteiger partial charge < -0.3 is 4.74 Å². The molecule has 0 heterocycles. The predicted molar refractivity (Wildman–Crippen MR) is 97.0 cm³/mol. The molecule has 2 aromatic carbocycles. The monoisotopic (exact) mass is 347 g/mol. The van der Waals surface area contributed by atoms with Gasteiger partial charge >= 0.3 is 0 Å². The predicted octanol–water partition coefficient (Wildman–Crippen LogP) is 3.81. The van der Waals surface area contributed by atoms with E-state index in [4.69, 9.17) is 9.88 Å². The fourth-order valence-electron chi connectivity index (χ4n) is 2.90. The molecule has 0 bridgehead atoms. The third kappa shape index (κ3) is 4.16. The Morgan fingerprint density at radius 2 is 1.67 bits per heavy atom. The maximum atomic E-state index is 11.4. The van der Waals surface area contributed by atoms with E-state index in [1.807, 2.05) is 12.1 Å². The van der Waals surface area contributed by atoms with E-state index in [0.29, 0.717) is 5.92 Å². The van der Waals surface area contributed by atoms with Crippen molar-refractivity contribution in [1.29, 1.82) is 0 Å². The second kappa shape index (κ2) is 7.36. The fraction of sp³-hybridized carbons (Fsp3) is 0.368. The van der Waals surface area contributed by atoms with Crippen LogP contribution >= 0.6 is 0 Å². The summed E-state index contributed by atoms with van der Waals surface area (Å²) < 4.78 is 28.3. The summed E-state index contributed by atoms with van der Waals surface area (Å²) in [4.78, 5) is 0.137. The molecule has 130 valence electrons. The minimum Gasteiger partial charge on any atom is -0.496 e. The number of hydrogen-bond donors (Lipinski definition) is 1. The Kier molecular flexibility index (Phi) is 5.67. The number of para-hydroxylation sites is 1. The van der Waals surface area contributed by atoms with Crippen molar-refractivity contribution in [2.24, 2.45) is 5.14 Å². The zero-order valence-corrected chi connectivity index (χ0v) is 15.4. The third-order valence-electron chi connectivity index (χ3n) is 4.26. The van der Waals surface area contributed by atoms with Crippen LogP contribution in [0.15, 0.2) is 47.4 Å². The molecule has 0 aliphatic carbocycles. The molecule has 2 rings (SSSR count). The van der Waals surface area contributed by atoms with Gasteiger partial charge in [-0.05, 0) is 47.1 Å². The number of hydrogen-bond acceptors (Lipinski definition) is 3. The molecule has 4 nitrogen and oxygen atoms in total. The van der Waals surface area contributed by atoms with Gasteiger partial charge in [0.2, 0.25) is 10.0 Å². The molecule has 5 heteroatoms. The number of sulfonamides is 1. The highest BCUT2D eigenvalue weighted by molar-refractivity contribution is 7.89. The lowest BCUT2D eigenvalue weighted by molar-refractivity contribution is 0.401. The quantitative estimate of drug-likeness (QED) is 0.864. The van der Waals surface area contributed by atoms with E-state index in [2.05, 4.69) is 39.0 Å². The third-order valence-corrected chi connectivity index (χ3v) is 5.19. The zero-order valence-electron chi connectivity index (χ0n) is 14.6. The lowest BCUT2D eigenvalue weighted by Crippen LogP contribution is -2.12. The molecule has 1 atom stereocenters. The van der Waals surface area contributed by atoms with E-state index >= 15 is 0 Å². The van der Waals surface area contributed by atoms with E-state index in [1.165, 1.54) is 5.56 Å². The second-order valence-corrected chi connectivity index (χ2v) is 7.97. The van der Waals surface area contributed by atoms with Crippen LogP contribution in [0.1, 0.15) is 49.3 Å². The Balaban J connectivity index is 2.27. The van der Waals surface area contributed by atoms with Crippen molar-refractivity contribution < 1.29 is 13.2 Å². The Hall–Kier alpha value is -1.85. The molecule has 0 fully saturated rings. The summed E-state index contributed by atoms with van der Waals surface area (Å²) >= 11 is 0. The van der Waals surface area contributed by atoms with Crippen molar-refractivity contribution in [2.75, 3.05) is 7.11 Å². The lowest BCUT2D eigenvalue weighted by Gasteiger charge is -2.19. The first-order chi connectivity index (χ1) is 11.2. The first-order valence-electron chi connectivity index (χ1n) is 8.02. The van der Waals surface area contributed by atoms with Gasteiger partial charge in [-0.3, -0.25) is 0 Å². The Morgan fingerprint density at radius 1 is 1.04 bits per heavy atom. The van der Waals surface area contributed by atoms with Gasteiger partial charge in [0.25, 0.3) is 0 Å². The van der Waals surface area contributed by atoms with E-state index in [9.17, 15) is 8.42 Å². The molecular formula is C19H25NO3S. The molecule has 0 saturated carbocycles. The molecule has 0 aliphatic rings. The summed E-state index contributed by atoms with van der Waals surface area (Å²) in [5.41, 5.74) is 3.43. The summed E-state index contributed by atoms with van der Waals surface area (Å²) in [6, 6.07) is 13.0. The summed E-state index contributed by atoms with van der Waals surface area (Å²) in [7, 11) is -1.95. The summed E-state index contributed by atoms with van der Waals surface area (Å²) in [6.45, 7) is 6.42. The number of methoxy groups -OCH3 is 1. The summed E-state index contributed by atoms with van der Waals surface area (Å²) in [5, 5.41) is 5.15. The van der Waals surface area contributed by atoms with E-state index in [-0.39, 0.29) is 10.8 Å². The first-order valence-corrected chi connectivity index (χ1v) is 9.57. The van der Waals surface area contributed by atoms with Gasteiger partial charge in [0, 0.05) is 0 Å². The maximum Gasteiger partial charge on any atom is 0.238 e. The molecule has 0 saturated heterocycles. The van der Waals surface area contributed by atoms with Crippen molar-refractivity contribution in [1.82, 2.24) is 0 Å². The van der Waals surface area contributed by atoms with Crippen LogP contribution in [-0.4, -0.2) is 15.5 Å². The molecule has 1 unspecified atom stereocenters. The number of benzene rings is 2. The van der Waals surface area contributed by atoms with Gasteiger partial charge in [-0.25, -0.2) is 13.6 Å². The van der Waals surface area contributed by atoms with Crippen LogP contribution < -0.4 is 9.88 Å². The van der Waals surface area contributed by atoms with Gasteiger partial charge in [-0.15, -0.1) is 0 Å². The minimum absolute atomic E-state index is 0.137. The fourth-order valence-corrected chi connectivity index (χ4v) is 3.42. The molecule has 2 N–H and O–H groups in total. The van der Waals surface area contributed by atoms with Gasteiger partial charge in [-0.2, -0.15) is 0 Å². The van der Waals surface area contributed by atoms with Crippen molar-refractivity contribution in [2.45, 2.75) is 43.9 Å². The Labute approximate surface area is 144 Å². The average molecular weight is 347 g/mol. The largest absolute Gasteiger partial charge is 0.496 e. The van der Waals surface area contributed by atoms with E-state index in [1.54, 1.807) is 19.2 Å². The zero-order chi connectivity index (χ0) is 17.9. The first kappa shape index (κ1) is 18.5. The highest BCUT2D eigenvalue weighted by atomic mass is 32.2. The van der Waals surface area contributed by atoms with Crippen LogP contribution in [0.5, 0.6) is 5.75 Å². The summed E-state index contributed by atoms with van der Waals surface area (Å²) in [5.74, 6) is 1.57. The van der Waals surface area contributed by atoms with Gasteiger partial charge in [0.1, 0.15) is 5.75 Å². The SMILES string of the molecule is COc1c(CC(C)c2ccc(S(N)(=O)=O)cc2)cccc1C(C)C. The average Bonchev–Trinajstić information content (AvgIpc) is 2.53. The van der Waals surface area contributed by atoms with Crippen molar-refractivity contribution in [3.05, 3.63) is 59.2 Å². The molecule has 0 spiro atoms. The molecule has 2 aromatic rings. The van der Waals surface area contributed by atoms with E-state index < -0.39 is 10.0 Å². The van der Waals surface area contributed by atoms with Crippen molar-refractivity contribution in [3.8, 4) is 5.75 Å². The number of nitrogens with two attached hydrogens (primary N) is 1. The number of ether oxygens (including phenoxy) is 1. The number of rotatable bonds is 6. The van der Waals surface area contributed by atoms with Gasteiger partial charge in [0.05, 0.1) is 12.0 Å². The van der Waals surface area contributed by atoms with Crippen LogP contribution in [0.25, 0.3) is 0 Å². The standard InChI is InChI=1S/C19H25NO3S/c1-13(2)18-7-5-6-16(19(18)23-4)12-14(3)15-8-10-17(11-9-15)24(20,21)22/h5-11,13-14H,12H2,1-4H3,(H2,20,21,22). The highest BCUT2D eigenvalue weighted by Gasteiger charge is 2.16. The second-order valence-electron chi connectivity index (χ2n) is 6.41. The molecule has 0 aromatic heterocycles. The normalized spacial score (nSPS) is 13.1. The van der Waals surface area contributed by atoms with Gasteiger partial charge in [0.15, 0.2) is 0 Å². The van der Waals surface area contributed by atoms with E-state index in [0.717, 1.165) is 23.3 Å². The van der Waals surface area contributed by atoms with Crippen LogP contribution in [0.4, 0.5) is 0 Å². The topological polar surface area (TPSA) is 69.4 Å². The molecule has 0 aliphatic heterocycles. The highest BCUT2D eigenvalue weighted by Crippen LogP contribution is 2.33. The molecular weight excluding hydrogens is 322 g/mol. The van der Waals surface area contributed by atoms with Crippen LogP contribution in [0, 0.1) is 0 Å². The molecule has 0 amide bonds.